The Balaban J connectivity index is 1.25. The highest BCUT2D eigenvalue weighted by Crippen LogP contribution is 2.40. The van der Waals surface area contributed by atoms with Crippen LogP contribution in [0.25, 0.3) is 10.9 Å². The summed E-state index contributed by atoms with van der Waals surface area (Å²) in [6, 6.07) is 14.1. The maximum atomic E-state index is 13.2. The Morgan fingerprint density at radius 1 is 1.19 bits per heavy atom. The van der Waals surface area contributed by atoms with E-state index in [0.717, 1.165) is 17.5 Å². The zero-order valence-corrected chi connectivity index (χ0v) is 18.8. The number of likely N-dealkylation sites (tertiary alicyclic amines) is 1. The summed E-state index contributed by atoms with van der Waals surface area (Å²) in [5.41, 5.74) is 3.62. The molecule has 32 heavy (non-hydrogen) atoms. The number of ketones is 1. The number of fused-ring (bicyclic) bond motifs is 2. The fraction of sp³-hybridized carbons (Fsp3) is 0.407. The van der Waals surface area contributed by atoms with Crippen LogP contribution in [0.1, 0.15) is 66.4 Å². The number of rotatable bonds is 4. The van der Waals surface area contributed by atoms with Crippen LogP contribution in [0.3, 0.4) is 0 Å². The van der Waals surface area contributed by atoms with Crippen molar-refractivity contribution in [2.24, 2.45) is 0 Å². The number of aryl methyl sites for hydroxylation is 1. The number of nitrogens with zero attached hydrogens (tertiary/aromatic N) is 1. The lowest BCUT2D eigenvalue weighted by Gasteiger charge is -2.44. The van der Waals surface area contributed by atoms with Gasteiger partial charge in [-0.05, 0) is 43.0 Å². The number of nitrogens with one attached hydrogen (secondary N) is 1. The zero-order chi connectivity index (χ0) is 22.3. The number of piperidine rings is 1. The number of hydrogen-bond donors (Lipinski definition) is 1. The number of benzene rings is 2. The molecular formula is C27H30N2O3. The highest BCUT2D eigenvalue weighted by atomic mass is 16.5. The van der Waals surface area contributed by atoms with E-state index in [1.54, 1.807) is 0 Å². The number of hydrogen-bond acceptors (Lipinski definition) is 3. The van der Waals surface area contributed by atoms with Crippen molar-refractivity contribution in [3.8, 4) is 5.75 Å². The Labute approximate surface area is 188 Å². The van der Waals surface area contributed by atoms with Crippen molar-refractivity contribution in [3.05, 3.63) is 65.4 Å². The van der Waals surface area contributed by atoms with E-state index in [1.165, 1.54) is 10.9 Å². The summed E-state index contributed by atoms with van der Waals surface area (Å²) < 4.78 is 6.36. The molecule has 0 bridgehead atoms. The number of aromatic amines is 1. The Hall–Kier alpha value is -3.08. The number of carbonyl (C=O) groups excluding carboxylic acids is 2. The number of H-pyrrole nitrogens is 1. The molecule has 2 aliphatic heterocycles. The monoisotopic (exact) mass is 430 g/mol. The molecule has 3 heterocycles. The lowest BCUT2D eigenvalue weighted by atomic mass is 9.82. The van der Waals surface area contributed by atoms with Gasteiger partial charge < -0.3 is 14.6 Å². The van der Waals surface area contributed by atoms with E-state index in [4.69, 9.17) is 4.74 Å². The minimum absolute atomic E-state index is 0.153. The van der Waals surface area contributed by atoms with Crippen molar-refractivity contribution in [1.82, 2.24) is 9.88 Å². The van der Waals surface area contributed by atoms with Gasteiger partial charge in [-0.1, -0.05) is 36.8 Å². The molecule has 5 nitrogen and oxygen atoms in total. The third kappa shape index (κ3) is 3.70. The average Bonchev–Trinajstić information content (AvgIpc) is 3.22. The van der Waals surface area contributed by atoms with Crippen LogP contribution in [0.2, 0.25) is 0 Å². The van der Waals surface area contributed by atoms with Gasteiger partial charge in [-0.15, -0.1) is 0 Å². The molecule has 1 aromatic heterocycles. The van der Waals surface area contributed by atoms with Gasteiger partial charge in [0.05, 0.1) is 12.0 Å². The van der Waals surface area contributed by atoms with Gasteiger partial charge in [-0.2, -0.15) is 0 Å². The molecular weight excluding hydrogens is 400 g/mol. The standard InChI is InChI=1S/C27H30N2O3/c1-3-19(22-17-28-23-7-5-4-6-20(22)23)15-26(31)29-12-10-27(11-13-29)16-24(30)21-14-18(2)8-9-25(21)32-27/h4-9,14,17,19,28H,3,10-13,15-16H2,1-2H3/t19-/m0/s1. The third-order valence-corrected chi connectivity index (χ3v) is 7.25. The molecule has 5 heteroatoms. The van der Waals surface area contributed by atoms with Crippen LogP contribution in [0.4, 0.5) is 0 Å². The summed E-state index contributed by atoms with van der Waals surface area (Å²) in [4.78, 5) is 31.3. The van der Waals surface area contributed by atoms with E-state index in [9.17, 15) is 9.59 Å². The molecule has 166 valence electrons. The van der Waals surface area contributed by atoms with Crippen molar-refractivity contribution in [2.75, 3.05) is 13.1 Å². The lowest BCUT2D eigenvalue weighted by molar-refractivity contribution is -0.135. The second kappa shape index (κ2) is 8.12. The maximum Gasteiger partial charge on any atom is 0.223 e. The molecule has 0 unspecified atom stereocenters. The van der Waals surface area contributed by atoms with Crippen molar-refractivity contribution >= 4 is 22.6 Å². The fourth-order valence-electron chi connectivity index (χ4n) is 5.30. The van der Waals surface area contributed by atoms with Crippen LogP contribution < -0.4 is 4.74 Å². The van der Waals surface area contributed by atoms with E-state index in [2.05, 4.69) is 30.2 Å². The first-order chi connectivity index (χ1) is 15.5. The second-order valence-electron chi connectivity index (χ2n) is 9.36. The summed E-state index contributed by atoms with van der Waals surface area (Å²) in [6.07, 6.45) is 5.27. The van der Waals surface area contributed by atoms with Gasteiger partial charge >= 0.3 is 0 Å². The summed E-state index contributed by atoms with van der Waals surface area (Å²) >= 11 is 0. The third-order valence-electron chi connectivity index (χ3n) is 7.25. The Kier molecular flexibility index (Phi) is 5.28. The first-order valence-corrected chi connectivity index (χ1v) is 11.6. The molecule has 1 atom stereocenters. The topological polar surface area (TPSA) is 62.4 Å². The van der Waals surface area contributed by atoms with Gasteiger partial charge in [-0.25, -0.2) is 0 Å². The van der Waals surface area contributed by atoms with Gasteiger partial charge in [0, 0.05) is 49.5 Å². The van der Waals surface area contributed by atoms with E-state index < -0.39 is 5.60 Å². The van der Waals surface area contributed by atoms with E-state index in [-0.39, 0.29) is 17.6 Å². The molecule has 2 aromatic carbocycles. The smallest absolute Gasteiger partial charge is 0.223 e. The van der Waals surface area contributed by atoms with E-state index >= 15 is 0 Å². The van der Waals surface area contributed by atoms with Crippen molar-refractivity contribution in [3.63, 3.8) is 0 Å². The highest BCUT2D eigenvalue weighted by molar-refractivity contribution is 6.00. The molecule has 2 aliphatic rings. The number of carbonyl (C=O) groups is 2. The normalized spacial score (nSPS) is 18.4. The molecule has 1 N–H and O–H groups in total. The molecule has 0 radical (unpaired) electrons. The fourth-order valence-corrected chi connectivity index (χ4v) is 5.30. The predicted molar refractivity (Wildman–Crippen MR) is 125 cm³/mol. The van der Waals surface area contributed by atoms with Crippen molar-refractivity contribution in [1.29, 1.82) is 0 Å². The summed E-state index contributed by atoms with van der Waals surface area (Å²) in [5, 5.41) is 1.20. The number of amides is 1. The van der Waals surface area contributed by atoms with Crippen LogP contribution in [-0.2, 0) is 4.79 Å². The van der Waals surface area contributed by atoms with Gasteiger partial charge in [0.1, 0.15) is 11.4 Å². The first-order valence-electron chi connectivity index (χ1n) is 11.6. The largest absolute Gasteiger partial charge is 0.486 e. The molecule has 1 amide bonds. The Morgan fingerprint density at radius 2 is 1.97 bits per heavy atom. The predicted octanol–water partition coefficient (Wildman–Crippen LogP) is 5.39. The van der Waals surface area contributed by atoms with Crippen molar-refractivity contribution in [2.45, 2.75) is 57.5 Å². The quantitative estimate of drug-likeness (QED) is 0.604. The van der Waals surface area contributed by atoms with Gasteiger partial charge in [0.15, 0.2) is 5.78 Å². The number of ether oxygens (including phenoxy) is 1. The molecule has 5 rings (SSSR count). The minimum Gasteiger partial charge on any atom is -0.486 e. The van der Waals surface area contributed by atoms with Gasteiger partial charge in [-0.3, -0.25) is 9.59 Å². The van der Waals surface area contributed by atoms with Crippen LogP contribution in [-0.4, -0.2) is 40.3 Å². The highest BCUT2D eigenvalue weighted by Gasteiger charge is 2.43. The van der Waals surface area contributed by atoms with Crippen LogP contribution in [0.5, 0.6) is 5.75 Å². The van der Waals surface area contributed by atoms with Crippen LogP contribution in [0.15, 0.2) is 48.7 Å². The van der Waals surface area contributed by atoms with Crippen molar-refractivity contribution < 1.29 is 14.3 Å². The molecule has 3 aromatic rings. The van der Waals surface area contributed by atoms with E-state index in [1.807, 2.05) is 42.2 Å². The summed E-state index contributed by atoms with van der Waals surface area (Å²) in [5.74, 6) is 1.23. The molecule has 1 fully saturated rings. The van der Waals surface area contributed by atoms with Gasteiger partial charge in [0.2, 0.25) is 5.91 Å². The van der Waals surface area contributed by atoms with Crippen LogP contribution in [0, 0.1) is 6.92 Å². The Morgan fingerprint density at radius 3 is 2.75 bits per heavy atom. The first kappa shape index (κ1) is 20.8. The molecule has 1 saturated heterocycles. The average molecular weight is 431 g/mol. The number of para-hydroxylation sites is 1. The molecule has 0 saturated carbocycles. The SMILES string of the molecule is CC[C@@H](CC(=O)N1CCC2(CC1)CC(=O)c1cc(C)ccc1O2)c1c[nH]c2ccccc12. The summed E-state index contributed by atoms with van der Waals surface area (Å²) in [7, 11) is 0. The lowest BCUT2D eigenvalue weighted by Crippen LogP contribution is -2.52. The number of aromatic nitrogens is 1. The molecule has 0 aliphatic carbocycles. The molecule has 1 spiro atoms. The van der Waals surface area contributed by atoms with E-state index in [0.29, 0.717) is 50.1 Å². The summed E-state index contributed by atoms with van der Waals surface area (Å²) in [6.45, 7) is 5.41. The number of Topliss-reactive ketones (excluding diaryl/α,β-unsaturated/α-hetero) is 1. The van der Waals surface area contributed by atoms with Crippen LogP contribution >= 0.6 is 0 Å². The second-order valence-corrected chi connectivity index (χ2v) is 9.36. The zero-order valence-electron chi connectivity index (χ0n) is 18.8. The minimum atomic E-state index is -0.475. The van der Waals surface area contributed by atoms with Gasteiger partial charge in [0.25, 0.3) is 0 Å². The maximum absolute atomic E-state index is 13.2. The Bertz CT molecular complexity index is 1170.